The first-order valence-electron chi connectivity index (χ1n) is 10.9. The van der Waals surface area contributed by atoms with Crippen LogP contribution < -0.4 is 10.1 Å². The second-order valence-electron chi connectivity index (χ2n) is 7.92. The van der Waals surface area contributed by atoms with Gasteiger partial charge in [0, 0.05) is 29.3 Å². The summed E-state index contributed by atoms with van der Waals surface area (Å²) in [5.74, 6) is 0.482. The lowest BCUT2D eigenvalue weighted by atomic mass is 9.97. The number of carbonyl (C=O) groups excluding carboxylic acids is 1. The maximum Gasteiger partial charge on any atom is 0.325 e. The molecule has 3 heterocycles. The lowest BCUT2D eigenvalue weighted by molar-refractivity contribution is -0.143. The molecule has 1 N–H and O–H groups in total. The first kappa shape index (κ1) is 22.8. The fraction of sp³-hybridized carbons (Fsp3) is 0.320. The topological polar surface area (TPSA) is 68.6 Å². The van der Waals surface area contributed by atoms with E-state index in [2.05, 4.69) is 40.8 Å². The Hall–Kier alpha value is -3.39. The van der Waals surface area contributed by atoms with Crippen molar-refractivity contribution in [3.05, 3.63) is 77.4 Å². The van der Waals surface area contributed by atoms with E-state index in [0.717, 1.165) is 34.1 Å². The summed E-state index contributed by atoms with van der Waals surface area (Å²) in [4.78, 5) is 18.9. The van der Waals surface area contributed by atoms with Crippen molar-refractivity contribution in [2.45, 2.75) is 32.9 Å². The van der Waals surface area contributed by atoms with Crippen LogP contribution in [0.25, 0.3) is 5.69 Å². The fourth-order valence-electron chi connectivity index (χ4n) is 4.49. The summed E-state index contributed by atoms with van der Waals surface area (Å²) in [6.45, 7) is 6.35. The largest absolute Gasteiger partial charge is 0.497 e. The number of methoxy groups -OCH3 is 1. The Labute approximate surface area is 199 Å². The van der Waals surface area contributed by atoms with Crippen LogP contribution in [0.3, 0.4) is 0 Å². The predicted octanol–water partition coefficient (Wildman–Crippen LogP) is 4.03. The average molecular weight is 465 g/mol. The Balaban J connectivity index is 1.81. The summed E-state index contributed by atoms with van der Waals surface area (Å²) in [5, 5.41) is 3.90. The van der Waals surface area contributed by atoms with Gasteiger partial charge in [-0.3, -0.25) is 9.78 Å². The van der Waals surface area contributed by atoms with E-state index >= 15 is 0 Å². The Morgan fingerprint density at radius 1 is 1.18 bits per heavy atom. The molecule has 0 unspecified atom stereocenters. The smallest absolute Gasteiger partial charge is 0.325 e. The van der Waals surface area contributed by atoms with Crippen molar-refractivity contribution in [2.24, 2.45) is 0 Å². The van der Waals surface area contributed by atoms with Crippen LogP contribution in [-0.4, -0.2) is 45.8 Å². The molecular weight excluding hydrogens is 436 g/mol. The van der Waals surface area contributed by atoms with Gasteiger partial charge in [-0.1, -0.05) is 12.1 Å². The highest BCUT2D eigenvalue weighted by molar-refractivity contribution is 7.80. The Morgan fingerprint density at radius 2 is 2.00 bits per heavy atom. The van der Waals surface area contributed by atoms with Gasteiger partial charge in [0.1, 0.15) is 12.3 Å². The highest BCUT2D eigenvalue weighted by Crippen LogP contribution is 2.41. The molecule has 7 nitrogen and oxygen atoms in total. The number of benzene rings is 1. The van der Waals surface area contributed by atoms with E-state index in [1.165, 1.54) is 0 Å². The van der Waals surface area contributed by atoms with Crippen LogP contribution in [0.1, 0.15) is 41.7 Å². The van der Waals surface area contributed by atoms with Gasteiger partial charge >= 0.3 is 5.97 Å². The summed E-state index contributed by atoms with van der Waals surface area (Å²) < 4.78 is 12.8. The Kier molecular flexibility index (Phi) is 6.65. The van der Waals surface area contributed by atoms with E-state index in [1.807, 2.05) is 41.3 Å². The van der Waals surface area contributed by atoms with E-state index in [1.54, 1.807) is 20.2 Å². The predicted molar refractivity (Wildman–Crippen MR) is 131 cm³/mol. The van der Waals surface area contributed by atoms with Gasteiger partial charge in [-0.25, -0.2) is 0 Å². The number of aromatic nitrogens is 2. The molecule has 1 aliphatic rings. The van der Waals surface area contributed by atoms with E-state index in [-0.39, 0.29) is 24.6 Å². The molecule has 0 saturated carbocycles. The van der Waals surface area contributed by atoms with E-state index in [0.29, 0.717) is 11.7 Å². The van der Waals surface area contributed by atoms with Gasteiger partial charge in [0.2, 0.25) is 0 Å². The molecule has 1 fully saturated rings. The number of pyridine rings is 1. The third-order valence-corrected chi connectivity index (χ3v) is 6.26. The minimum Gasteiger partial charge on any atom is -0.497 e. The number of hydrogen-bond donors (Lipinski definition) is 1. The van der Waals surface area contributed by atoms with Gasteiger partial charge in [0.15, 0.2) is 5.11 Å². The van der Waals surface area contributed by atoms with E-state index in [4.69, 9.17) is 21.7 Å². The van der Waals surface area contributed by atoms with Gasteiger partial charge in [-0.05, 0) is 68.9 Å². The molecule has 2 atom stereocenters. The van der Waals surface area contributed by atoms with Gasteiger partial charge in [-0.2, -0.15) is 0 Å². The molecular formula is C25H28N4O3S. The maximum atomic E-state index is 12.4. The number of hydrogen-bond acceptors (Lipinski definition) is 5. The molecule has 4 rings (SSSR count). The van der Waals surface area contributed by atoms with Crippen LogP contribution in [0, 0.1) is 13.8 Å². The SMILES string of the molecule is CCOC(=O)CN1C(=S)N[C@H](c2ccccn2)[C@H]1c1cc(C)n(-c2cccc(OC)c2)c1C. The summed E-state index contributed by atoms with van der Waals surface area (Å²) in [5.41, 5.74) is 5.08. The molecule has 172 valence electrons. The minimum absolute atomic E-state index is 0.0660. The zero-order chi connectivity index (χ0) is 23.5. The van der Waals surface area contributed by atoms with Gasteiger partial charge in [-0.15, -0.1) is 0 Å². The van der Waals surface area contributed by atoms with Crippen molar-refractivity contribution in [1.29, 1.82) is 0 Å². The van der Waals surface area contributed by atoms with Crippen LogP contribution in [0.5, 0.6) is 5.75 Å². The number of nitrogens with one attached hydrogen (secondary N) is 1. The van der Waals surface area contributed by atoms with Crippen LogP contribution in [-0.2, 0) is 9.53 Å². The lowest BCUT2D eigenvalue weighted by Crippen LogP contribution is -2.35. The minimum atomic E-state index is -0.310. The number of carbonyl (C=O) groups is 1. The maximum absolute atomic E-state index is 12.4. The fourth-order valence-corrected chi connectivity index (χ4v) is 4.80. The van der Waals surface area contributed by atoms with Crippen molar-refractivity contribution in [1.82, 2.24) is 19.8 Å². The van der Waals surface area contributed by atoms with Crippen LogP contribution in [0.2, 0.25) is 0 Å². The van der Waals surface area contributed by atoms with Crippen molar-refractivity contribution < 1.29 is 14.3 Å². The van der Waals surface area contributed by atoms with E-state index in [9.17, 15) is 4.79 Å². The molecule has 0 spiro atoms. The molecule has 1 aliphatic heterocycles. The third kappa shape index (κ3) is 4.43. The number of ether oxygens (including phenoxy) is 2. The first-order chi connectivity index (χ1) is 15.9. The first-order valence-corrected chi connectivity index (χ1v) is 11.3. The van der Waals surface area contributed by atoms with Crippen LogP contribution in [0.15, 0.2) is 54.7 Å². The molecule has 3 aromatic rings. The molecule has 1 saturated heterocycles. The number of thiocarbonyl (C=S) groups is 1. The second-order valence-corrected chi connectivity index (χ2v) is 8.31. The van der Waals surface area contributed by atoms with Crippen LogP contribution >= 0.6 is 12.2 Å². The second kappa shape index (κ2) is 9.62. The molecule has 8 heteroatoms. The number of aryl methyl sites for hydroxylation is 1. The summed E-state index contributed by atoms with van der Waals surface area (Å²) >= 11 is 5.66. The summed E-state index contributed by atoms with van der Waals surface area (Å²) in [6.07, 6.45) is 1.77. The molecule has 1 aromatic carbocycles. The quantitative estimate of drug-likeness (QED) is 0.418. The van der Waals surface area contributed by atoms with E-state index < -0.39 is 0 Å². The third-order valence-electron chi connectivity index (χ3n) is 5.90. The van der Waals surface area contributed by atoms with Gasteiger partial charge < -0.3 is 24.3 Å². The Bertz CT molecular complexity index is 1160. The molecule has 0 bridgehead atoms. The van der Waals surface area contributed by atoms with Gasteiger partial charge in [0.25, 0.3) is 0 Å². The lowest BCUT2D eigenvalue weighted by Gasteiger charge is -2.27. The zero-order valence-electron chi connectivity index (χ0n) is 19.2. The molecule has 0 aliphatic carbocycles. The van der Waals surface area contributed by atoms with Crippen LogP contribution in [0.4, 0.5) is 0 Å². The number of nitrogens with zero attached hydrogens (tertiary/aromatic N) is 3. The molecule has 33 heavy (non-hydrogen) atoms. The standard InChI is InChI=1S/C25H28N4O3S/c1-5-32-22(30)15-28-24(23(27-25(28)33)21-11-6-7-12-26-21)20-13-16(2)29(17(20)3)18-9-8-10-19(14-18)31-4/h6-14,23-24H,5,15H2,1-4H3,(H,27,33)/t23-,24-/m1/s1. The van der Waals surface area contributed by atoms with Crippen molar-refractivity contribution in [3.8, 4) is 11.4 Å². The summed E-state index contributed by atoms with van der Waals surface area (Å²) in [6, 6.07) is 15.5. The highest BCUT2D eigenvalue weighted by Gasteiger charge is 2.42. The average Bonchev–Trinajstić information content (AvgIpc) is 3.29. The Morgan fingerprint density at radius 3 is 2.70 bits per heavy atom. The monoisotopic (exact) mass is 464 g/mol. The molecule has 2 aromatic heterocycles. The highest BCUT2D eigenvalue weighted by atomic mass is 32.1. The normalized spacial score (nSPS) is 17.7. The molecule has 0 radical (unpaired) electrons. The molecule has 0 amide bonds. The van der Waals surface area contributed by atoms with Crippen molar-refractivity contribution >= 4 is 23.3 Å². The number of esters is 1. The number of rotatable bonds is 7. The zero-order valence-corrected chi connectivity index (χ0v) is 20.1. The summed E-state index contributed by atoms with van der Waals surface area (Å²) in [7, 11) is 1.66. The van der Waals surface area contributed by atoms with Crippen molar-refractivity contribution in [2.75, 3.05) is 20.3 Å². The van der Waals surface area contributed by atoms with Crippen molar-refractivity contribution in [3.63, 3.8) is 0 Å². The van der Waals surface area contributed by atoms with Gasteiger partial charge in [0.05, 0.1) is 31.5 Å².